The number of rotatable bonds is 10. The van der Waals surface area contributed by atoms with E-state index in [-0.39, 0.29) is 43.9 Å². The van der Waals surface area contributed by atoms with E-state index in [1.165, 1.54) is 13.8 Å². The predicted octanol–water partition coefficient (Wildman–Crippen LogP) is 0.621. The molecule has 4 aliphatic carbocycles. The van der Waals surface area contributed by atoms with E-state index in [1.807, 2.05) is 13.0 Å². The van der Waals surface area contributed by atoms with Crippen LogP contribution in [0.15, 0.2) is 22.8 Å². The van der Waals surface area contributed by atoms with E-state index in [1.54, 1.807) is 6.92 Å². The van der Waals surface area contributed by atoms with Crippen molar-refractivity contribution in [1.82, 2.24) is 0 Å². The van der Waals surface area contributed by atoms with E-state index >= 15 is 0 Å². The molecule has 0 aromatic heterocycles. The number of aliphatic hydroxyl groups excluding tert-OH is 4. The molecule has 68 heavy (non-hydrogen) atoms. The Hall–Kier alpha value is -3.90. The number of esters is 5. The number of Topliss-reactive ketones (excluding diaryl/α,β-unsaturated/α-hetero) is 1. The van der Waals surface area contributed by atoms with E-state index in [0.29, 0.717) is 31.3 Å². The molecule has 4 saturated heterocycles. The number of carbonyl (C=O) groups excluding carboxylic acids is 6. The highest BCUT2D eigenvalue weighted by atomic mass is 16.8. The highest BCUT2D eigenvalue weighted by Gasteiger charge is 2.70. The second kappa shape index (κ2) is 19.4. The highest BCUT2D eigenvalue weighted by Crippen LogP contribution is 2.64. The third-order valence-electron chi connectivity index (χ3n) is 15.4. The topological polar surface area (TPSA) is 285 Å². The number of hydrogen-bond donors (Lipinski definition) is 4. The molecule has 8 rings (SSSR count). The second-order valence-electron chi connectivity index (χ2n) is 19.8. The number of fused-ring (bicyclic) bond motifs is 6. The third kappa shape index (κ3) is 8.93. The van der Waals surface area contributed by atoms with Crippen LogP contribution in [0.2, 0.25) is 0 Å². The summed E-state index contributed by atoms with van der Waals surface area (Å²) in [5.41, 5.74) is 1.45. The number of ether oxygens (including phenoxy) is 11. The van der Waals surface area contributed by atoms with Crippen molar-refractivity contribution in [1.29, 1.82) is 0 Å². The second-order valence-corrected chi connectivity index (χ2v) is 19.8. The Bertz CT molecular complexity index is 2070. The maximum absolute atomic E-state index is 14.8. The van der Waals surface area contributed by atoms with Crippen LogP contribution in [0.1, 0.15) is 87.5 Å². The van der Waals surface area contributed by atoms with Gasteiger partial charge in [0.15, 0.2) is 42.8 Å². The number of aliphatic hydroxyl groups is 4. The molecule has 5 fully saturated rings. The molecular formula is C47H64O21. The maximum Gasteiger partial charge on any atom is 0.303 e. The van der Waals surface area contributed by atoms with E-state index in [0.717, 1.165) is 38.8 Å². The minimum Gasteiger partial charge on any atom is -0.465 e. The van der Waals surface area contributed by atoms with Gasteiger partial charge in [0.25, 0.3) is 0 Å². The van der Waals surface area contributed by atoms with Crippen molar-refractivity contribution < 1.29 is 101 Å². The summed E-state index contributed by atoms with van der Waals surface area (Å²) in [5, 5.41) is 45.9. The lowest BCUT2D eigenvalue weighted by Crippen LogP contribution is -2.65. The van der Waals surface area contributed by atoms with Gasteiger partial charge in [-0.1, -0.05) is 31.1 Å². The van der Waals surface area contributed by atoms with Gasteiger partial charge < -0.3 is 72.5 Å². The van der Waals surface area contributed by atoms with Crippen LogP contribution in [0.4, 0.5) is 0 Å². The molecule has 1 spiro atoms. The molecular weight excluding hydrogens is 900 g/mol. The zero-order chi connectivity index (χ0) is 49.3. The summed E-state index contributed by atoms with van der Waals surface area (Å²) in [6.07, 6.45) is -14.5. The highest BCUT2D eigenvalue weighted by molar-refractivity contribution is 6.04. The molecule has 21 atom stereocenters. The summed E-state index contributed by atoms with van der Waals surface area (Å²) in [4.78, 5) is 76.3. The van der Waals surface area contributed by atoms with Gasteiger partial charge in [0, 0.05) is 63.9 Å². The lowest BCUT2D eigenvalue weighted by atomic mass is 9.51. The van der Waals surface area contributed by atoms with Gasteiger partial charge in [0.2, 0.25) is 5.79 Å². The van der Waals surface area contributed by atoms with Gasteiger partial charge in [-0.05, 0) is 44.4 Å². The average Bonchev–Trinajstić information content (AvgIpc) is 3.73. The molecule has 8 aliphatic rings. The van der Waals surface area contributed by atoms with Gasteiger partial charge in [-0.3, -0.25) is 28.8 Å². The smallest absolute Gasteiger partial charge is 0.303 e. The first-order chi connectivity index (χ1) is 32.1. The zero-order valence-corrected chi connectivity index (χ0v) is 39.4. The van der Waals surface area contributed by atoms with Crippen molar-refractivity contribution >= 4 is 35.6 Å². The third-order valence-corrected chi connectivity index (χ3v) is 15.4. The fraction of sp³-hybridized carbons (Fsp3) is 0.787. The Morgan fingerprint density at radius 2 is 1.46 bits per heavy atom. The lowest BCUT2D eigenvalue weighted by Gasteiger charge is -2.56. The SMILES string of the molecule is CC(=O)OC[C@H]1[C@@H]2C3=C(C(=O)[C@@H]2O[C@@]12OC[C@H](C)[C@H](O)[C@@H]2O)[C@H]1CC=C2C[C@@H](O)C[C@@H](O[C@@H]4OC[C@H](OC(C)=O)[C@H](O)[C@H]4O[C@@H]4O[C@@H](C)[C@H](OC(C)=O)[C@@H](OC(C)=O)[C@H]4OC(C)=O)[C@]2(C)[C@@H]1CC3. The minimum absolute atomic E-state index is 0.0428. The number of ketones is 1. The fourth-order valence-electron chi connectivity index (χ4n) is 12.5. The molecule has 378 valence electrons. The predicted molar refractivity (Wildman–Crippen MR) is 225 cm³/mol. The first-order valence-electron chi connectivity index (χ1n) is 23.5. The van der Waals surface area contributed by atoms with Crippen molar-refractivity contribution in [3.8, 4) is 0 Å². The van der Waals surface area contributed by atoms with Crippen molar-refractivity contribution in [3.63, 3.8) is 0 Å². The van der Waals surface area contributed by atoms with Crippen LogP contribution in [-0.4, -0.2) is 167 Å². The Labute approximate surface area is 392 Å². The molecule has 0 amide bonds. The van der Waals surface area contributed by atoms with Crippen LogP contribution in [0, 0.1) is 35.0 Å². The summed E-state index contributed by atoms with van der Waals surface area (Å²) in [6.45, 7) is 10.5. The van der Waals surface area contributed by atoms with Crippen molar-refractivity contribution in [2.75, 3.05) is 19.8 Å². The maximum atomic E-state index is 14.8. The van der Waals surface area contributed by atoms with Gasteiger partial charge in [-0.2, -0.15) is 0 Å². The van der Waals surface area contributed by atoms with E-state index < -0.39 is 145 Å². The van der Waals surface area contributed by atoms with E-state index in [9.17, 15) is 49.2 Å². The van der Waals surface area contributed by atoms with Gasteiger partial charge in [0.1, 0.15) is 31.0 Å². The Kier molecular flexibility index (Phi) is 14.4. The van der Waals surface area contributed by atoms with Crippen molar-refractivity contribution in [3.05, 3.63) is 22.8 Å². The Morgan fingerprint density at radius 1 is 0.794 bits per heavy atom. The fourth-order valence-corrected chi connectivity index (χ4v) is 12.5. The molecule has 1 saturated carbocycles. The molecule has 0 unspecified atom stereocenters. The van der Waals surface area contributed by atoms with Crippen LogP contribution < -0.4 is 0 Å². The van der Waals surface area contributed by atoms with Crippen LogP contribution in [0.3, 0.4) is 0 Å². The van der Waals surface area contributed by atoms with Crippen molar-refractivity contribution in [2.45, 2.75) is 179 Å². The van der Waals surface area contributed by atoms with Crippen LogP contribution in [-0.2, 0) is 80.9 Å². The first kappa shape index (κ1) is 50.5. The molecule has 4 N–H and O–H groups in total. The standard InChI is InChI=1S/C47H64O21/c1-18-15-60-47(43(57)35(18)54)30(16-58-20(3)48)34-28-11-12-29-27(33(28)37(56)39(34)68-47)10-9-25-13-26(53)14-32(46(25,29)8)66-44-40(36(55)31(17-59-44)62-21(4)49)67-45-42(65-24(7)52)41(64-23(6)51)38(19(2)61-45)63-22(5)50/h9,18-19,26-27,29-32,34-36,38-45,53-55,57H,10-17H2,1-8H3/t18-,19-,26+,27-,29+,30-,31-,32+,34-,35-,36-,38-,39+,40+,41+,42+,43-,44-,45-,46-,47-/m0/s1. The molecule has 0 bridgehead atoms. The minimum atomic E-state index is -1.80. The zero-order valence-electron chi connectivity index (χ0n) is 39.4. The van der Waals surface area contributed by atoms with Crippen LogP contribution in [0.25, 0.3) is 0 Å². The largest absolute Gasteiger partial charge is 0.465 e. The molecule has 4 heterocycles. The number of carbonyl (C=O) groups is 6. The van der Waals surface area contributed by atoms with Crippen LogP contribution in [0.5, 0.6) is 0 Å². The monoisotopic (exact) mass is 964 g/mol. The summed E-state index contributed by atoms with van der Waals surface area (Å²) < 4.78 is 65.9. The van der Waals surface area contributed by atoms with Gasteiger partial charge in [-0.25, -0.2) is 0 Å². The first-order valence-corrected chi connectivity index (χ1v) is 23.5. The van der Waals surface area contributed by atoms with Gasteiger partial charge in [0.05, 0.1) is 43.5 Å². The summed E-state index contributed by atoms with van der Waals surface area (Å²) >= 11 is 0. The summed E-state index contributed by atoms with van der Waals surface area (Å²) in [7, 11) is 0. The quantitative estimate of drug-likeness (QED) is 0.133. The Balaban J connectivity index is 1.11. The summed E-state index contributed by atoms with van der Waals surface area (Å²) in [5.74, 6) is -8.21. The van der Waals surface area contributed by atoms with Crippen LogP contribution >= 0.6 is 0 Å². The molecule has 0 aromatic rings. The molecule has 4 aliphatic heterocycles. The Morgan fingerprint density at radius 3 is 2.12 bits per heavy atom. The van der Waals surface area contributed by atoms with Gasteiger partial charge >= 0.3 is 29.8 Å². The molecule has 0 aromatic carbocycles. The van der Waals surface area contributed by atoms with Gasteiger partial charge in [-0.15, -0.1) is 0 Å². The average molecular weight is 965 g/mol. The van der Waals surface area contributed by atoms with Crippen molar-refractivity contribution in [2.24, 2.45) is 35.0 Å². The molecule has 21 nitrogen and oxygen atoms in total. The summed E-state index contributed by atoms with van der Waals surface area (Å²) in [6, 6.07) is 0. The number of hydrogen-bond acceptors (Lipinski definition) is 21. The molecule has 0 radical (unpaired) electrons. The number of allylic oxidation sites excluding steroid dienone is 1. The van der Waals surface area contributed by atoms with E-state index in [4.69, 9.17) is 52.1 Å². The molecule has 21 heteroatoms. The van der Waals surface area contributed by atoms with E-state index in [2.05, 4.69) is 0 Å². The lowest BCUT2D eigenvalue weighted by molar-refractivity contribution is -0.363. The normalized spacial score (nSPS) is 45.2.